The Hall–Kier alpha value is -4.38. The van der Waals surface area contributed by atoms with Gasteiger partial charge < -0.3 is 20.7 Å². The number of methoxy groups -OCH3 is 1. The van der Waals surface area contributed by atoms with Crippen LogP contribution in [0.4, 0.5) is 23.0 Å². The summed E-state index contributed by atoms with van der Waals surface area (Å²) in [4.78, 5) is 21.4. The Bertz CT molecular complexity index is 1350. The molecule has 0 bridgehead atoms. The molecule has 0 fully saturated rings. The van der Waals surface area contributed by atoms with Gasteiger partial charge in [0.05, 0.1) is 35.3 Å². The number of ketones is 1. The predicted octanol–water partition coefficient (Wildman–Crippen LogP) is 4.04. The highest BCUT2D eigenvalue weighted by Gasteiger charge is 2.18. The molecule has 11 nitrogen and oxygen atoms in total. The van der Waals surface area contributed by atoms with Crippen LogP contribution in [0.2, 0.25) is 0 Å². The van der Waals surface area contributed by atoms with E-state index in [1.165, 1.54) is 0 Å². The zero-order valence-electron chi connectivity index (χ0n) is 20.9. The summed E-state index contributed by atoms with van der Waals surface area (Å²) in [7, 11) is 5.26. The van der Waals surface area contributed by atoms with Crippen molar-refractivity contribution in [2.45, 2.75) is 26.3 Å². The van der Waals surface area contributed by atoms with Gasteiger partial charge in [0.15, 0.2) is 23.2 Å². The van der Waals surface area contributed by atoms with Gasteiger partial charge in [-0.3, -0.25) is 9.48 Å². The molecule has 11 heteroatoms. The van der Waals surface area contributed by atoms with Gasteiger partial charge in [-0.25, -0.2) is 9.97 Å². The van der Waals surface area contributed by atoms with Gasteiger partial charge in [0, 0.05) is 31.8 Å². The van der Waals surface area contributed by atoms with Crippen LogP contribution in [0, 0.1) is 0 Å². The minimum Gasteiger partial charge on any atom is -0.494 e. The van der Waals surface area contributed by atoms with Gasteiger partial charge in [-0.1, -0.05) is 13.0 Å². The summed E-state index contributed by atoms with van der Waals surface area (Å²) in [5, 5.41) is 22.5. The predicted molar refractivity (Wildman–Crippen MR) is 138 cm³/mol. The van der Waals surface area contributed by atoms with E-state index in [1.54, 1.807) is 37.4 Å². The van der Waals surface area contributed by atoms with E-state index in [2.05, 4.69) is 41.2 Å². The number of nitrogens with one attached hydrogen (secondary N) is 3. The normalized spacial score (nSPS) is 11.7. The number of rotatable bonds is 10. The van der Waals surface area contributed by atoms with Gasteiger partial charge >= 0.3 is 0 Å². The molecule has 0 spiro atoms. The molecule has 0 radical (unpaired) electrons. The lowest BCUT2D eigenvalue weighted by atomic mass is 10.1. The number of ether oxygens (including phenoxy) is 1. The fourth-order valence-electron chi connectivity index (χ4n) is 3.60. The molecule has 0 amide bonds. The standard InChI is InChI=1S/C25H29N9O2/c1-6-21(35)17-13-27-23(30-22-11-10-18(31-32-22)15(2)26-3)12-20(17)29-19-9-7-8-16(24(19)36-5)25-28-14-34(4)33-25/h7-15,26H,6H2,1-5H3,(H2,27,29,30,32). The van der Waals surface area contributed by atoms with E-state index in [0.717, 1.165) is 11.3 Å². The van der Waals surface area contributed by atoms with Crippen molar-refractivity contribution in [1.29, 1.82) is 0 Å². The van der Waals surface area contributed by atoms with Crippen molar-refractivity contribution in [3.8, 4) is 17.1 Å². The molecule has 3 aromatic heterocycles. The van der Waals surface area contributed by atoms with E-state index in [9.17, 15) is 4.79 Å². The number of hydrogen-bond donors (Lipinski definition) is 3. The summed E-state index contributed by atoms with van der Waals surface area (Å²) in [6.07, 6.45) is 3.52. The topological polar surface area (TPSA) is 132 Å². The summed E-state index contributed by atoms with van der Waals surface area (Å²) in [5.41, 5.74) is 3.27. The Balaban J connectivity index is 1.68. The van der Waals surface area contributed by atoms with Crippen molar-refractivity contribution >= 4 is 28.8 Å². The molecule has 36 heavy (non-hydrogen) atoms. The molecule has 0 aliphatic rings. The third-order valence-corrected chi connectivity index (χ3v) is 5.67. The number of Topliss-reactive ketones (excluding diaryl/α,β-unsaturated/α-hetero) is 1. The molecule has 3 heterocycles. The Labute approximate surface area is 209 Å². The molecule has 186 valence electrons. The first kappa shape index (κ1) is 24.7. The third kappa shape index (κ3) is 5.31. The third-order valence-electron chi connectivity index (χ3n) is 5.67. The van der Waals surface area contributed by atoms with Crippen LogP contribution in [-0.4, -0.2) is 49.9 Å². The molecular formula is C25H29N9O2. The van der Waals surface area contributed by atoms with Crippen molar-refractivity contribution in [3.05, 3.63) is 60.2 Å². The van der Waals surface area contributed by atoms with Gasteiger partial charge in [-0.05, 0) is 38.2 Å². The summed E-state index contributed by atoms with van der Waals surface area (Å²) in [5.74, 6) is 2.11. The van der Waals surface area contributed by atoms with Crippen molar-refractivity contribution < 1.29 is 9.53 Å². The lowest BCUT2D eigenvalue weighted by Gasteiger charge is -2.17. The molecule has 0 aliphatic carbocycles. The monoisotopic (exact) mass is 487 g/mol. The summed E-state index contributed by atoms with van der Waals surface area (Å²) >= 11 is 0. The maximum Gasteiger partial charge on any atom is 0.184 e. The van der Waals surface area contributed by atoms with Crippen LogP contribution in [-0.2, 0) is 7.05 Å². The molecule has 0 aliphatic heterocycles. The van der Waals surface area contributed by atoms with E-state index in [-0.39, 0.29) is 11.8 Å². The maximum atomic E-state index is 12.7. The molecule has 1 atom stereocenters. The second kappa shape index (κ2) is 10.9. The highest BCUT2D eigenvalue weighted by Crippen LogP contribution is 2.37. The van der Waals surface area contributed by atoms with Crippen LogP contribution in [0.15, 0.2) is 48.9 Å². The second-order valence-electron chi connectivity index (χ2n) is 8.12. The smallest absolute Gasteiger partial charge is 0.184 e. The van der Waals surface area contributed by atoms with Crippen LogP contribution in [0.3, 0.4) is 0 Å². The van der Waals surface area contributed by atoms with Crippen LogP contribution in [0.1, 0.15) is 42.4 Å². The molecule has 4 aromatic rings. The van der Waals surface area contributed by atoms with Crippen molar-refractivity contribution in [1.82, 2.24) is 35.3 Å². The fraction of sp³-hybridized carbons (Fsp3) is 0.280. The lowest BCUT2D eigenvalue weighted by molar-refractivity contribution is 0.0988. The average molecular weight is 488 g/mol. The van der Waals surface area contributed by atoms with E-state index < -0.39 is 0 Å². The first-order valence-electron chi connectivity index (χ1n) is 11.5. The molecule has 3 N–H and O–H groups in total. The summed E-state index contributed by atoms with van der Waals surface area (Å²) in [6.45, 7) is 3.82. The van der Waals surface area contributed by atoms with Gasteiger partial charge in [0.2, 0.25) is 0 Å². The van der Waals surface area contributed by atoms with Crippen molar-refractivity contribution in [2.24, 2.45) is 7.05 Å². The lowest BCUT2D eigenvalue weighted by Crippen LogP contribution is -2.14. The Morgan fingerprint density at radius 2 is 1.92 bits per heavy atom. The Morgan fingerprint density at radius 1 is 1.08 bits per heavy atom. The molecular weight excluding hydrogens is 458 g/mol. The Kier molecular flexibility index (Phi) is 7.50. The molecule has 0 saturated carbocycles. The number of nitrogens with zero attached hydrogens (tertiary/aromatic N) is 6. The van der Waals surface area contributed by atoms with E-state index in [0.29, 0.717) is 46.6 Å². The minimum atomic E-state index is -0.0386. The van der Waals surface area contributed by atoms with E-state index in [4.69, 9.17) is 4.74 Å². The number of para-hydroxylation sites is 1. The maximum absolute atomic E-state index is 12.7. The number of carbonyl (C=O) groups excluding carboxylic acids is 1. The zero-order valence-corrected chi connectivity index (χ0v) is 20.9. The van der Waals surface area contributed by atoms with Gasteiger partial charge in [-0.15, -0.1) is 5.10 Å². The molecule has 1 unspecified atom stereocenters. The number of carbonyl (C=O) groups is 1. The van der Waals surface area contributed by atoms with Crippen LogP contribution < -0.4 is 20.7 Å². The number of anilines is 4. The van der Waals surface area contributed by atoms with Gasteiger partial charge in [-0.2, -0.15) is 10.2 Å². The SMILES string of the molecule is CCC(=O)c1cnc(Nc2ccc(C(C)NC)nn2)cc1Nc1cccc(-c2ncn(C)n2)c1OC. The molecule has 4 rings (SSSR count). The first-order valence-corrected chi connectivity index (χ1v) is 11.5. The molecule has 1 aromatic carbocycles. The average Bonchev–Trinajstić information content (AvgIpc) is 3.34. The Morgan fingerprint density at radius 3 is 2.56 bits per heavy atom. The van der Waals surface area contributed by atoms with E-state index >= 15 is 0 Å². The van der Waals surface area contributed by atoms with Crippen LogP contribution in [0.25, 0.3) is 11.4 Å². The number of hydrogen-bond acceptors (Lipinski definition) is 10. The zero-order chi connectivity index (χ0) is 25.7. The summed E-state index contributed by atoms with van der Waals surface area (Å²) < 4.78 is 7.34. The number of benzene rings is 1. The second-order valence-corrected chi connectivity index (χ2v) is 8.12. The summed E-state index contributed by atoms with van der Waals surface area (Å²) in [6, 6.07) is 11.2. The number of aryl methyl sites for hydroxylation is 1. The van der Waals surface area contributed by atoms with Crippen LogP contribution in [0.5, 0.6) is 5.75 Å². The van der Waals surface area contributed by atoms with Crippen LogP contribution >= 0.6 is 0 Å². The van der Waals surface area contributed by atoms with Crippen molar-refractivity contribution in [2.75, 3.05) is 24.8 Å². The fourth-order valence-corrected chi connectivity index (χ4v) is 3.60. The van der Waals surface area contributed by atoms with Gasteiger partial charge in [0.25, 0.3) is 0 Å². The quantitative estimate of drug-likeness (QED) is 0.282. The molecule has 0 saturated heterocycles. The number of pyridine rings is 1. The van der Waals surface area contributed by atoms with E-state index in [1.807, 2.05) is 51.2 Å². The number of aromatic nitrogens is 6. The van der Waals surface area contributed by atoms with Crippen molar-refractivity contribution in [3.63, 3.8) is 0 Å². The van der Waals surface area contributed by atoms with Gasteiger partial charge in [0.1, 0.15) is 12.1 Å². The minimum absolute atomic E-state index is 0.0386. The highest BCUT2D eigenvalue weighted by atomic mass is 16.5. The largest absolute Gasteiger partial charge is 0.494 e. The first-order chi connectivity index (χ1) is 17.4. The highest BCUT2D eigenvalue weighted by molar-refractivity contribution is 6.02.